The molecule has 12 heavy (non-hydrogen) atoms. The highest BCUT2D eigenvalue weighted by Crippen LogP contribution is 1.92. The van der Waals surface area contributed by atoms with Crippen LogP contribution in [0.2, 0.25) is 0 Å². The molecule has 72 valence electrons. The molecule has 0 amide bonds. The van der Waals surface area contributed by atoms with Crippen LogP contribution in [0, 0.1) is 5.92 Å². The Hall–Kier alpha value is -0.610. The Balaban J connectivity index is 3.37. The van der Waals surface area contributed by atoms with Gasteiger partial charge in [-0.25, -0.2) is 0 Å². The van der Waals surface area contributed by atoms with E-state index in [0.717, 1.165) is 0 Å². The third kappa shape index (κ3) is 5.09. The number of nitrogens with one attached hydrogen (secondary N) is 1. The van der Waals surface area contributed by atoms with Crippen molar-refractivity contribution in [2.24, 2.45) is 5.92 Å². The summed E-state index contributed by atoms with van der Waals surface area (Å²) < 4.78 is 0. The van der Waals surface area contributed by atoms with Crippen molar-refractivity contribution in [3.05, 3.63) is 0 Å². The van der Waals surface area contributed by atoms with Crippen LogP contribution in [0.5, 0.6) is 0 Å². The van der Waals surface area contributed by atoms with E-state index in [0.29, 0.717) is 19.5 Å². The topological polar surface area (TPSA) is 69.6 Å². The summed E-state index contributed by atoms with van der Waals surface area (Å²) in [5.74, 6) is -1.21. The Morgan fingerprint density at radius 3 is 2.50 bits per heavy atom. The summed E-state index contributed by atoms with van der Waals surface area (Å²) in [5, 5.41) is 20.5. The predicted octanol–water partition coefficient (Wildman–Crippen LogP) is 0.0676. The van der Waals surface area contributed by atoms with Crippen LogP contribution in [-0.4, -0.2) is 35.4 Å². The molecule has 0 radical (unpaired) electrons. The van der Waals surface area contributed by atoms with Crippen molar-refractivity contribution in [1.29, 1.82) is 0 Å². The van der Waals surface area contributed by atoms with Crippen molar-refractivity contribution >= 4 is 5.97 Å². The molecule has 0 fully saturated rings. The first kappa shape index (κ1) is 11.4. The molecule has 0 spiro atoms. The zero-order chi connectivity index (χ0) is 9.56. The van der Waals surface area contributed by atoms with Gasteiger partial charge in [0.1, 0.15) is 0 Å². The summed E-state index contributed by atoms with van der Waals surface area (Å²) in [5.41, 5.74) is 0. The second-order valence-electron chi connectivity index (χ2n) is 2.96. The van der Waals surface area contributed by atoms with Crippen LogP contribution >= 0.6 is 0 Å². The van der Waals surface area contributed by atoms with E-state index in [9.17, 15) is 4.79 Å². The minimum absolute atomic E-state index is 0.369. The summed E-state index contributed by atoms with van der Waals surface area (Å²) in [6.07, 6.45) is 0.319. The lowest BCUT2D eigenvalue weighted by Gasteiger charge is -2.11. The molecule has 4 nitrogen and oxygen atoms in total. The average molecular weight is 175 g/mol. The molecule has 0 heterocycles. The normalized spacial score (nSPS) is 15.6. The van der Waals surface area contributed by atoms with Crippen molar-refractivity contribution in [2.75, 3.05) is 13.1 Å². The lowest BCUT2D eigenvalue weighted by Crippen LogP contribution is -2.32. The Kier molecular flexibility index (Phi) is 5.66. The molecule has 0 bridgehead atoms. The fourth-order valence-corrected chi connectivity index (χ4v) is 0.698. The van der Waals surface area contributed by atoms with Crippen LogP contribution in [-0.2, 0) is 4.79 Å². The van der Waals surface area contributed by atoms with Crippen molar-refractivity contribution in [1.82, 2.24) is 5.32 Å². The molecule has 4 heteroatoms. The van der Waals surface area contributed by atoms with Gasteiger partial charge >= 0.3 is 5.97 Å². The van der Waals surface area contributed by atoms with Gasteiger partial charge in [0, 0.05) is 13.1 Å². The van der Waals surface area contributed by atoms with Gasteiger partial charge < -0.3 is 15.5 Å². The van der Waals surface area contributed by atoms with Gasteiger partial charge in [-0.05, 0) is 6.42 Å². The largest absolute Gasteiger partial charge is 0.481 e. The number of carboxylic acids is 1. The number of carbonyl (C=O) groups is 1. The second-order valence-corrected chi connectivity index (χ2v) is 2.96. The second kappa shape index (κ2) is 5.97. The highest BCUT2D eigenvalue weighted by atomic mass is 16.4. The molecule has 2 unspecified atom stereocenters. The van der Waals surface area contributed by atoms with E-state index < -0.39 is 11.9 Å². The Labute approximate surface area is 72.6 Å². The number of aliphatic hydroxyl groups is 1. The van der Waals surface area contributed by atoms with E-state index in [4.69, 9.17) is 10.2 Å². The number of carboxylic acid groups (broad SMARTS) is 1. The minimum atomic E-state index is -0.812. The molecule has 0 aromatic heterocycles. The number of aliphatic carboxylic acids is 1. The molecule has 0 rings (SSSR count). The van der Waals surface area contributed by atoms with Gasteiger partial charge in [0.15, 0.2) is 0 Å². The van der Waals surface area contributed by atoms with E-state index >= 15 is 0 Å². The highest BCUT2D eigenvalue weighted by molar-refractivity contribution is 5.69. The van der Waals surface area contributed by atoms with Crippen molar-refractivity contribution in [3.8, 4) is 0 Å². The highest BCUT2D eigenvalue weighted by Gasteiger charge is 2.10. The van der Waals surface area contributed by atoms with Crippen LogP contribution in [0.1, 0.15) is 20.3 Å². The van der Waals surface area contributed by atoms with Gasteiger partial charge in [-0.1, -0.05) is 13.8 Å². The standard InChI is InChI=1S/C8H17NO3/c1-3-7(10)5-9-4-6(2)8(11)12/h6-7,9-10H,3-5H2,1-2H3,(H,11,12). The SMILES string of the molecule is CCC(O)CNCC(C)C(=O)O. The number of hydrogen-bond donors (Lipinski definition) is 3. The molecule has 0 aromatic carbocycles. The number of hydrogen-bond acceptors (Lipinski definition) is 3. The van der Waals surface area contributed by atoms with Crippen molar-refractivity contribution < 1.29 is 15.0 Å². The minimum Gasteiger partial charge on any atom is -0.481 e. The molecular weight excluding hydrogens is 158 g/mol. The van der Waals surface area contributed by atoms with Crippen LogP contribution < -0.4 is 5.32 Å². The molecule has 0 aliphatic heterocycles. The zero-order valence-electron chi connectivity index (χ0n) is 7.58. The van der Waals surface area contributed by atoms with Gasteiger partial charge in [0.2, 0.25) is 0 Å². The third-order valence-corrected chi connectivity index (χ3v) is 1.72. The average Bonchev–Trinajstić information content (AvgIpc) is 2.03. The first-order valence-corrected chi connectivity index (χ1v) is 4.19. The number of rotatable bonds is 6. The lowest BCUT2D eigenvalue weighted by molar-refractivity contribution is -0.140. The molecule has 0 saturated carbocycles. The lowest BCUT2D eigenvalue weighted by atomic mass is 10.2. The molecule has 2 atom stereocenters. The predicted molar refractivity (Wildman–Crippen MR) is 46.0 cm³/mol. The van der Waals surface area contributed by atoms with Crippen molar-refractivity contribution in [3.63, 3.8) is 0 Å². The summed E-state index contributed by atoms with van der Waals surface area (Å²) in [6.45, 7) is 4.39. The third-order valence-electron chi connectivity index (χ3n) is 1.72. The van der Waals surface area contributed by atoms with E-state index in [-0.39, 0.29) is 6.10 Å². The molecule has 3 N–H and O–H groups in total. The van der Waals surface area contributed by atoms with Crippen molar-refractivity contribution in [2.45, 2.75) is 26.4 Å². The molecule has 0 aromatic rings. The van der Waals surface area contributed by atoms with E-state index in [1.54, 1.807) is 6.92 Å². The first-order chi connectivity index (χ1) is 5.57. The smallest absolute Gasteiger partial charge is 0.307 e. The Morgan fingerprint density at radius 2 is 2.08 bits per heavy atom. The zero-order valence-corrected chi connectivity index (χ0v) is 7.58. The van der Waals surface area contributed by atoms with E-state index in [1.807, 2.05) is 6.92 Å². The maximum atomic E-state index is 10.3. The van der Waals surface area contributed by atoms with E-state index in [2.05, 4.69) is 5.32 Å². The van der Waals surface area contributed by atoms with Crippen LogP contribution in [0.3, 0.4) is 0 Å². The summed E-state index contributed by atoms with van der Waals surface area (Å²) >= 11 is 0. The van der Waals surface area contributed by atoms with Gasteiger partial charge in [-0.15, -0.1) is 0 Å². The molecular formula is C8H17NO3. The molecule has 0 aliphatic carbocycles. The van der Waals surface area contributed by atoms with Crippen LogP contribution in [0.25, 0.3) is 0 Å². The fourth-order valence-electron chi connectivity index (χ4n) is 0.698. The monoisotopic (exact) mass is 175 g/mol. The Bertz CT molecular complexity index is 138. The van der Waals surface area contributed by atoms with Gasteiger partial charge in [-0.2, -0.15) is 0 Å². The van der Waals surface area contributed by atoms with Gasteiger partial charge in [0.25, 0.3) is 0 Å². The summed E-state index contributed by atoms with van der Waals surface area (Å²) in [6, 6.07) is 0. The van der Waals surface area contributed by atoms with Gasteiger partial charge in [-0.3, -0.25) is 4.79 Å². The quantitative estimate of drug-likeness (QED) is 0.534. The van der Waals surface area contributed by atoms with Crippen LogP contribution in [0.15, 0.2) is 0 Å². The van der Waals surface area contributed by atoms with E-state index in [1.165, 1.54) is 0 Å². The molecule has 0 aliphatic rings. The number of aliphatic hydroxyl groups excluding tert-OH is 1. The van der Waals surface area contributed by atoms with Gasteiger partial charge in [0.05, 0.1) is 12.0 Å². The summed E-state index contributed by atoms with van der Waals surface area (Å²) in [7, 11) is 0. The van der Waals surface area contributed by atoms with Crippen LogP contribution in [0.4, 0.5) is 0 Å². The maximum Gasteiger partial charge on any atom is 0.307 e. The maximum absolute atomic E-state index is 10.3. The summed E-state index contributed by atoms with van der Waals surface area (Å²) in [4.78, 5) is 10.3. The first-order valence-electron chi connectivity index (χ1n) is 4.19. The fraction of sp³-hybridized carbons (Fsp3) is 0.875. The Morgan fingerprint density at radius 1 is 1.50 bits per heavy atom. The molecule has 0 saturated heterocycles.